The lowest BCUT2D eigenvalue weighted by atomic mass is 10.1. The second-order valence-corrected chi connectivity index (χ2v) is 3.93. The Bertz CT molecular complexity index is 475. The summed E-state index contributed by atoms with van der Waals surface area (Å²) in [4.78, 5) is 10.7. The van der Waals surface area contributed by atoms with Gasteiger partial charge in [0.25, 0.3) is 0 Å². The molecule has 3 heteroatoms. The molecule has 1 aromatic heterocycles. The maximum absolute atomic E-state index is 4.35. The Kier molecular flexibility index (Phi) is 2.86. The van der Waals surface area contributed by atoms with Crippen LogP contribution in [0, 0.1) is 6.92 Å². The Morgan fingerprint density at radius 3 is 2.12 bits per heavy atom. The van der Waals surface area contributed by atoms with Gasteiger partial charge in [0.1, 0.15) is 0 Å². The van der Waals surface area contributed by atoms with E-state index < -0.39 is 0 Å². The van der Waals surface area contributed by atoms with Gasteiger partial charge in [-0.2, -0.15) is 0 Å². The van der Waals surface area contributed by atoms with Crippen molar-refractivity contribution in [3.63, 3.8) is 0 Å². The first-order valence-electron chi connectivity index (χ1n) is 5.24. The molecule has 82 valence electrons. The molecule has 1 aromatic carbocycles. The van der Waals surface area contributed by atoms with Crippen LogP contribution < -0.4 is 4.90 Å². The Labute approximate surface area is 95.8 Å². The van der Waals surface area contributed by atoms with Gasteiger partial charge in [-0.3, -0.25) is 9.97 Å². The summed E-state index contributed by atoms with van der Waals surface area (Å²) in [5, 5.41) is 0. The Morgan fingerprint density at radius 2 is 1.56 bits per heavy atom. The number of rotatable bonds is 2. The summed E-state index contributed by atoms with van der Waals surface area (Å²) < 4.78 is 0. The van der Waals surface area contributed by atoms with Crippen molar-refractivity contribution in [2.24, 2.45) is 0 Å². The van der Waals surface area contributed by atoms with Crippen LogP contribution in [0.2, 0.25) is 0 Å². The maximum atomic E-state index is 4.35. The Hall–Kier alpha value is -1.90. The Morgan fingerprint density at radius 1 is 0.938 bits per heavy atom. The smallest absolute Gasteiger partial charge is 0.0914 e. The molecule has 0 fully saturated rings. The molecule has 0 bridgehead atoms. The predicted octanol–water partition coefficient (Wildman–Crippen LogP) is 2.52. The number of benzene rings is 1. The van der Waals surface area contributed by atoms with E-state index in [1.807, 2.05) is 21.0 Å². The minimum atomic E-state index is 0.952. The highest BCUT2D eigenvalue weighted by Gasteiger charge is 2.03. The van der Waals surface area contributed by atoms with Crippen molar-refractivity contribution in [1.82, 2.24) is 9.97 Å². The van der Waals surface area contributed by atoms with Gasteiger partial charge >= 0.3 is 0 Å². The van der Waals surface area contributed by atoms with Crippen molar-refractivity contribution in [2.75, 3.05) is 19.0 Å². The van der Waals surface area contributed by atoms with Crippen LogP contribution in [0.1, 0.15) is 5.69 Å². The van der Waals surface area contributed by atoms with Crippen LogP contribution in [-0.4, -0.2) is 24.1 Å². The number of hydrogen-bond donors (Lipinski definition) is 0. The van der Waals surface area contributed by atoms with E-state index in [1.54, 1.807) is 12.4 Å². The first kappa shape index (κ1) is 10.6. The molecule has 2 rings (SSSR count). The van der Waals surface area contributed by atoms with E-state index in [1.165, 1.54) is 5.69 Å². The zero-order valence-electron chi connectivity index (χ0n) is 9.81. The molecule has 0 atom stereocenters. The zero-order chi connectivity index (χ0) is 11.5. The third kappa shape index (κ3) is 2.03. The summed E-state index contributed by atoms with van der Waals surface area (Å²) in [5.41, 5.74) is 4.20. The standard InChI is InChI=1S/C13H15N3/c1-10-13(15-9-8-14-10)11-4-6-12(7-5-11)16(2)3/h4-9H,1-3H3. The summed E-state index contributed by atoms with van der Waals surface area (Å²) in [6, 6.07) is 8.32. The quantitative estimate of drug-likeness (QED) is 0.767. The molecule has 16 heavy (non-hydrogen) atoms. The largest absolute Gasteiger partial charge is 0.378 e. The highest BCUT2D eigenvalue weighted by Crippen LogP contribution is 2.21. The van der Waals surface area contributed by atoms with Crippen molar-refractivity contribution in [1.29, 1.82) is 0 Å². The fraction of sp³-hybridized carbons (Fsp3) is 0.231. The van der Waals surface area contributed by atoms with E-state index in [-0.39, 0.29) is 0 Å². The minimum absolute atomic E-state index is 0.952. The summed E-state index contributed by atoms with van der Waals surface area (Å²) in [5.74, 6) is 0. The van der Waals surface area contributed by atoms with Crippen molar-refractivity contribution in [3.05, 3.63) is 42.4 Å². The van der Waals surface area contributed by atoms with Gasteiger partial charge in [-0.15, -0.1) is 0 Å². The van der Waals surface area contributed by atoms with E-state index in [0.29, 0.717) is 0 Å². The lowest BCUT2D eigenvalue weighted by molar-refractivity contribution is 1.12. The molecule has 2 aromatic rings. The maximum Gasteiger partial charge on any atom is 0.0914 e. The molecule has 3 nitrogen and oxygen atoms in total. The second-order valence-electron chi connectivity index (χ2n) is 3.93. The molecule has 0 saturated carbocycles. The van der Waals surface area contributed by atoms with Gasteiger partial charge in [-0.05, 0) is 19.1 Å². The molecule has 0 aliphatic carbocycles. The molecular formula is C13H15N3. The molecule has 1 heterocycles. The summed E-state index contributed by atoms with van der Waals surface area (Å²) in [7, 11) is 4.06. The van der Waals surface area contributed by atoms with E-state index in [0.717, 1.165) is 17.0 Å². The lowest BCUT2D eigenvalue weighted by Gasteiger charge is -2.12. The van der Waals surface area contributed by atoms with E-state index in [9.17, 15) is 0 Å². The van der Waals surface area contributed by atoms with Gasteiger partial charge in [0.2, 0.25) is 0 Å². The van der Waals surface area contributed by atoms with Crippen LogP contribution in [0.25, 0.3) is 11.3 Å². The normalized spacial score (nSPS) is 10.2. The van der Waals surface area contributed by atoms with E-state index in [4.69, 9.17) is 0 Å². The summed E-state index contributed by atoms with van der Waals surface area (Å²) in [6.07, 6.45) is 3.44. The summed E-state index contributed by atoms with van der Waals surface area (Å²) in [6.45, 7) is 1.97. The first-order valence-corrected chi connectivity index (χ1v) is 5.24. The third-order valence-electron chi connectivity index (χ3n) is 2.54. The number of hydrogen-bond acceptors (Lipinski definition) is 3. The molecule has 0 N–H and O–H groups in total. The van der Waals surface area contributed by atoms with Gasteiger partial charge in [0.15, 0.2) is 0 Å². The highest BCUT2D eigenvalue weighted by molar-refractivity contribution is 5.64. The monoisotopic (exact) mass is 213 g/mol. The fourth-order valence-corrected chi connectivity index (χ4v) is 1.61. The van der Waals surface area contributed by atoms with Crippen molar-refractivity contribution < 1.29 is 0 Å². The average Bonchev–Trinajstić information content (AvgIpc) is 2.30. The van der Waals surface area contributed by atoms with Crippen molar-refractivity contribution in [3.8, 4) is 11.3 Å². The van der Waals surface area contributed by atoms with Crippen LogP contribution in [0.15, 0.2) is 36.7 Å². The van der Waals surface area contributed by atoms with E-state index >= 15 is 0 Å². The fourth-order valence-electron chi connectivity index (χ4n) is 1.61. The molecule has 0 radical (unpaired) electrons. The van der Waals surface area contributed by atoms with Crippen molar-refractivity contribution in [2.45, 2.75) is 6.92 Å². The van der Waals surface area contributed by atoms with Gasteiger partial charge in [0, 0.05) is 37.7 Å². The van der Waals surface area contributed by atoms with Crippen LogP contribution in [0.3, 0.4) is 0 Å². The average molecular weight is 213 g/mol. The molecule has 0 aliphatic heterocycles. The zero-order valence-corrected chi connectivity index (χ0v) is 9.81. The SMILES string of the molecule is Cc1nccnc1-c1ccc(N(C)C)cc1. The number of nitrogens with zero attached hydrogens (tertiary/aromatic N) is 3. The Balaban J connectivity index is 2.39. The van der Waals surface area contributed by atoms with Gasteiger partial charge in [-0.1, -0.05) is 12.1 Å². The first-order chi connectivity index (χ1) is 7.68. The van der Waals surface area contributed by atoms with Crippen LogP contribution >= 0.6 is 0 Å². The molecule has 0 aliphatic rings. The van der Waals surface area contributed by atoms with Crippen LogP contribution in [-0.2, 0) is 0 Å². The predicted molar refractivity (Wildman–Crippen MR) is 66.5 cm³/mol. The topological polar surface area (TPSA) is 29.0 Å². The molecule has 0 unspecified atom stereocenters. The van der Waals surface area contributed by atoms with Gasteiger partial charge < -0.3 is 4.90 Å². The second kappa shape index (κ2) is 4.31. The molecular weight excluding hydrogens is 198 g/mol. The number of anilines is 1. The van der Waals surface area contributed by atoms with Crippen LogP contribution in [0.4, 0.5) is 5.69 Å². The van der Waals surface area contributed by atoms with Crippen LogP contribution in [0.5, 0.6) is 0 Å². The van der Waals surface area contributed by atoms with Gasteiger partial charge in [-0.25, -0.2) is 0 Å². The summed E-state index contributed by atoms with van der Waals surface area (Å²) >= 11 is 0. The minimum Gasteiger partial charge on any atom is -0.378 e. The van der Waals surface area contributed by atoms with Crippen molar-refractivity contribution >= 4 is 5.69 Å². The highest BCUT2D eigenvalue weighted by atomic mass is 15.1. The third-order valence-corrected chi connectivity index (χ3v) is 2.54. The molecule has 0 spiro atoms. The number of aromatic nitrogens is 2. The molecule has 0 saturated heterocycles. The van der Waals surface area contributed by atoms with E-state index in [2.05, 4.69) is 39.1 Å². The van der Waals surface area contributed by atoms with Gasteiger partial charge in [0.05, 0.1) is 11.4 Å². The lowest BCUT2D eigenvalue weighted by Crippen LogP contribution is -2.08. The molecule has 0 amide bonds. The number of aryl methyl sites for hydroxylation is 1.